The van der Waals surface area contributed by atoms with Gasteiger partial charge in [0.05, 0.1) is 11.9 Å². The summed E-state index contributed by atoms with van der Waals surface area (Å²) in [6, 6.07) is 12.2. The maximum atomic E-state index is 13.5. The van der Waals surface area contributed by atoms with Gasteiger partial charge >= 0.3 is 0 Å². The van der Waals surface area contributed by atoms with Gasteiger partial charge in [-0.05, 0) is 64.3 Å². The van der Waals surface area contributed by atoms with Crippen LogP contribution in [0.15, 0.2) is 42.5 Å². The van der Waals surface area contributed by atoms with E-state index in [0.29, 0.717) is 5.69 Å². The number of sulfonamides is 1. The fraction of sp³-hybridized carbons (Fsp3) is 0.440. The van der Waals surface area contributed by atoms with E-state index in [2.05, 4.69) is 5.32 Å². The van der Waals surface area contributed by atoms with Gasteiger partial charge in [0, 0.05) is 12.6 Å². The zero-order chi connectivity index (χ0) is 24.9. The van der Waals surface area contributed by atoms with Crippen LogP contribution in [-0.4, -0.2) is 50.0 Å². The number of nitrogens with zero attached hydrogens (tertiary/aromatic N) is 2. The van der Waals surface area contributed by atoms with Crippen molar-refractivity contribution in [2.75, 3.05) is 17.1 Å². The molecule has 1 N–H and O–H groups in total. The zero-order valence-corrected chi connectivity index (χ0v) is 21.4. The molecule has 0 saturated carbocycles. The van der Waals surface area contributed by atoms with E-state index in [0.717, 1.165) is 32.8 Å². The number of carbonyl (C=O) groups excluding carboxylic acids is 2. The molecule has 7 nitrogen and oxygen atoms in total. The largest absolute Gasteiger partial charge is 0.352 e. The minimum absolute atomic E-state index is 0.0851. The number of carbonyl (C=O) groups is 2. The molecule has 0 radical (unpaired) electrons. The van der Waals surface area contributed by atoms with Crippen LogP contribution in [0.2, 0.25) is 0 Å². The van der Waals surface area contributed by atoms with E-state index in [1.54, 1.807) is 13.0 Å². The predicted octanol–water partition coefficient (Wildman–Crippen LogP) is 3.32. The van der Waals surface area contributed by atoms with Crippen molar-refractivity contribution in [2.24, 2.45) is 0 Å². The van der Waals surface area contributed by atoms with E-state index in [4.69, 9.17) is 0 Å². The third-order valence-electron chi connectivity index (χ3n) is 5.50. The Labute approximate surface area is 197 Å². The van der Waals surface area contributed by atoms with E-state index in [-0.39, 0.29) is 18.5 Å². The Morgan fingerprint density at radius 3 is 2.15 bits per heavy atom. The molecular weight excluding hydrogens is 438 g/mol. The van der Waals surface area contributed by atoms with E-state index in [1.165, 1.54) is 4.90 Å². The predicted molar refractivity (Wildman–Crippen MR) is 133 cm³/mol. The van der Waals surface area contributed by atoms with Crippen molar-refractivity contribution >= 4 is 27.5 Å². The Bertz CT molecular complexity index is 1110. The molecule has 0 aliphatic rings. The summed E-state index contributed by atoms with van der Waals surface area (Å²) in [5.41, 5.74) is 4.08. The molecule has 2 aromatic rings. The van der Waals surface area contributed by atoms with Crippen molar-refractivity contribution in [3.63, 3.8) is 0 Å². The molecule has 2 amide bonds. The Balaban J connectivity index is 2.44. The molecule has 0 saturated heterocycles. The summed E-state index contributed by atoms with van der Waals surface area (Å²) < 4.78 is 26.4. The molecule has 1 unspecified atom stereocenters. The van der Waals surface area contributed by atoms with Crippen molar-refractivity contribution in [2.45, 2.75) is 60.2 Å². The minimum atomic E-state index is -3.74. The lowest BCUT2D eigenvalue weighted by Gasteiger charge is -2.32. The van der Waals surface area contributed by atoms with Gasteiger partial charge in [-0.15, -0.1) is 0 Å². The van der Waals surface area contributed by atoms with Crippen LogP contribution >= 0.6 is 0 Å². The summed E-state index contributed by atoms with van der Waals surface area (Å²) >= 11 is 0. The van der Waals surface area contributed by atoms with Crippen LogP contribution in [0.25, 0.3) is 0 Å². The molecule has 180 valence electrons. The monoisotopic (exact) mass is 473 g/mol. The van der Waals surface area contributed by atoms with Gasteiger partial charge in [0.15, 0.2) is 0 Å². The summed E-state index contributed by atoms with van der Waals surface area (Å²) in [7, 11) is -3.74. The van der Waals surface area contributed by atoms with Crippen LogP contribution < -0.4 is 9.62 Å². The molecule has 2 rings (SSSR count). The lowest BCUT2D eigenvalue weighted by molar-refractivity contribution is -0.139. The Morgan fingerprint density at radius 1 is 0.970 bits per heavy atom. The highest BCUT2D eigenvalue weighted by Crippen LogP contribution is 2.24. The number of benzene rings is 2. The first-order valence-corrected chi connectivity index (χ1v) is 12.9. The highest BCUT2D eigenvalue weighted by atomic mass is 32.2. The third-order valence-corrected chi connectivity index (χ3v) is 6.63. The molecule has 33 heavy (non-hydrogen) atoms. The standard InChI is InChI=1S/C25H35N3O4S/c1-17(2)26-25(30)21(6)27(15-22-11-9-8-10-19(22)4)24(29)16-28(33(7,31)32)23-13-12-18(3)14-20(23)5/h8-14,17,21H,15-16H2,1-7H3,(H,26,30). The van der Waals surface area contributed by atoms with Crippen LogP contribution in [-0.2, 0) is 26.2 Å². The number of hydrogen-bond donors (Lipinski definition) is 1. The first-order chi connectivity index (χ1) is 15.3. The molecule has 0 aliphatic carbocycles. The van der Waals surface area contributed by atoms with E-state index in [9.17, 15) is 18.0 Å². The number of aryl methyl sites for hydroxylation is 3. The maximum Gasteiger partial charge on any atom is 0.244 e. The first-order valence-electron chi connectivity index (χ1n) is 11.0. The number of amides is 2. The lowest BCUT2D eigenvalue weighted by Crippen LogP contribution is -2.52. The quantitative estimate of drug-likeness (QED) is 0.605. The van der Waals surface area contributed by atoms with Crippen LogP contribution in [0, 0.1) is 20.8 Å². The lowest BCUT2D eigenvalue weighted by atomic mass is 10.1. The molecule has 2 aromatic carbocycles. The minimum Gasteiger partial charge on any atom is -0.352 e. The highest BCUT2D eigenvalue weighted by molar-refractivity contribution is 7.92. The van der Waals surface area contributed by atoms with Gasteiger partial charge < -0.3 is 10.2 Å². The SMILES string of the molecule is Cc1ccc(N(CC(=O)N(Cc2ccccc2C)C(C)C(=O)NC(C)C)S(C)(=O)=O)c(C)c1. The van der Waals surface area contributed by atoms with Gasteiger partial charge in [-0.25, -0.2) is 8.42 Å². The molecule has 0 aliphatic heterocycles. The van der Waals surface area contributed by atoms with Crippen LogP contribution in [0.1, 0.15) is 43.0 Å². The molecule has 1 atom stereocenters. The van der Waals surface area contributed by atoms with Crippen molar-refractivity contribution in [3.05, 3.63) is 64.7 Å². The van der Waals surface area contributed by atoms with Gasteiger partial charge in [-0.3, -0.25) is 13.9 Å². The number of nitrogens with one attached hydrogen (secondary N) is 1. The summed E-state index contributed by atoms with van der Waals surface area (Å²) in [6.07, 6.45) is 1.08. The van der Waals surface area contributed by atoms with Crippen LogP contribution in [0.4, 0.5) is 5.69 Å². The normalized spacial score (nSPS) is 12.4. The Kier molecular flexibility index (Phi) is 8.66. The fourth-order valence-electron chi connectivity index (χ4n) is 3.64. The summed E-state index contributed by atoms with van der Waals surface area (Å²) in [4.78, 5) is 27.8. The smallest absolute Gasteiger partial charge is 0.244 e. The second kappa shape index (κ2) is 10.8. The third kappa shape index (κ3) is 7.05. The number of hydrogen-bond acceptors (Lipinski definition) is 4. The maximum absolute atomic E-state index is 13.5. The average molecular weight is 474 g/mol. The van der Waals surface area contributed by atoms with Crippen molar-refractivity contribution in [1.82, 2.24) is 10.2 Å². The van der Waals surface area contributed by atoms with Crippen molar-refractivity contribution < 1.29 is 18.0 Å². The number of anilines is 1. The molecule has 0 fully saturated rings. The van der Waals surface area contributed by atoms with Gasteiger partial charge in [0.25, 0.3) is 0 Å². The van der Waals surface area contributed by atoms with Crippen LogP contribution in [0.5, 0.6) is 0 Å². The molecule has 0 aromatic heterocycles. The zero-order valence-electron chi connectivity index (χ0n) is 20.5. The van der Waals surface area contributed by atoms with Crippen LogP contribution in [0.3, 0.4) is 0 Å². The van der Waals surface area contributed by atoms with Gasteiger partial charge in [0.2, 0.25) is 21.8 Å². The molecular formula is C25H35N3O4S. The summed E-state index contributed by atoms with van der Waals surface area (Å²) in [5.74, 6) is -0.737. The fourth-order valence-corrected chi connectivity index (χ4v) is 4.55. The molecule has 0 bridgehead atoms. The summed E-state index contributed by atoms with van der Waals surface area (Å²) in [6.45, 7) is 10.8. The second-order valence-corrected chi connectivity index (χ2v) is 10.8. The van der Waals surface area contributed by atoms with Gasteiger partial charge in [-0.2, -0.15) is 0 Å². The Hall–Kier alpha value is -2.87. The Morgan fingerprint density at radius 2 is 1.61 bits per heavy atom. The van der Waals surface area contributed by atoms with E-state index in [1.807, 2.05) is 71.0 Å². The van der Waals surface area contributed by atoms with Gasteiger partial charge in [-0.1, -0.05) is 42.0 Å². The summed E-state index contributed by atoms with van der Waals surface area (Å²) in [5, 5.41) is 2.84. The number of rotatable bonds is 9. The van der Waals surface area contributed by atoms with Crippen molar-refractivity contribution in [1.29, 1.82) is 0 Å². The second-order valence-electron chi connectivity index (χ2n) is 8.85. The topological polar surface area (TPSA) is 86.8 Å². The van der Waals surface area contributed by atoms with E-state index >= 15 is 0 Å². The first kappa shape index (κ1) is 26.4. The average Bonchev–Trinajstić information content (AvgIpc) is 2.70. The van der Waals surface area contributed by atoms with Gasteiger partial charge in [0.1, 0.15) is 12.6 Å². The molecule has 0 heterocycles. The van der Waals surface area contributed by atoms with E-state index < -0.39 is 28.5 Å². The van der Waals surface area contributed by atoms with Crippen molar-refractivity contribution in [3.8, 4) is 0 Å². The molecule has 0 spiro atoms. The highest BCUT2D eigenvalue weighted by Gasteiger charge is 2.31. The molecule has 8 heteroatoms.